The number of fused-ring (bicyclic) bond motifs is 1. The van der Waals surface area contributed by atoms with Crippen LogP contribution in [0, 0.1) is 6.92 Å². The Kier molecular flexibility index (Phi) is 6.76. The zero-order valence-corrected chi connectivity index (χ0v) is 23.0. The van der Waals surface area contributed by atoms with Crippen LogP contribution in [0.3, 0.4) is 0 Å². The fourth-order valence-corrected chi connectivity index (χ4v) is 5.84. The van der Waals surface area contributed by atoms with Crippen LogP contribution < -0.4 is 15.4 Å². The number of carbonyl (C=O) groups is 1. The average molecular weight is 542 g/mol. The molecule has 40 heavy (non-hydrogen) atoms. The van der Waals surface area contributed by atoms with Crippen molar-refractivity contribution in [3.8, 4) is 28.1 Å². The highest BCUT2D eigenvalue weighted by Gasteiger charge is 2.27. The van der Waals surface area contributed by atoms with E-state index in [1.54, 1.807) is 12.0 Å². The number of para-hydroxylation sites is 2. The number of rotatable bonds is 6. The van der Waals surface area contributed by atoms with Crippen LogP contribution in [-0.2, 0) is 0 Å². The molecule has 6 heteroatoms. The van der Waals surface area contributed by atoms with E-state index >= 15 is 0 Å². The van der Waals surface area contributed by atoms with Crippen molar-refractivity contribution < 1.29 is 9.53 Å². The minimum Gasteiger partial charge on any atom is -0.497 e. The van der Waals surface area contributed by atoms with Crippen LogP contribution in [-0.4, -0.2) is 18.0 Å². The number of nitrogen functional groups attached to an aromatic ring is 1. The number of methoxy groups -OCH3 is 1. The molecule has 2 aromatic heterocycles. The molecule has 0 fully saturated rings. The summed E-state index contributed by atoms with van der Waals surface area (Å²) in [6.07, 6.45) is 0. The summed E-state index contributed by atoms with van der Waals surface area (Å²) in [6, 6.07) is 37.4. The van der Waals surface area contributed by atoms with Crippen molar-refractivity contribution in [3.63, 3.8) is 0 Å². The Morgan fingerprint density at radius 1 is 0.800 bits per heavy atom. The first kappa shape index (κ1) is 25.3. The molecule has 6 aromatic rings. The third-order valence-corrected chi connectivity index (χ3v) is 7.96. The Morgan fingerprint density at radius 2 is 1.38 bits per heavy atom. The Balaban J connectivity index is 1.55. The second-order valence-electron chi connectivity index (χ2n) is 9.49. The molecule has 2 N–H and O–H groups in total. The Morgan fingerprint density at radius 3 is 1.95 bits per heavy atom. The Bertz CT molecular complexity index is 1760. The molecule has 6 rings (SSSR count). The zero-order chi connectivity index (χ0) is 27.6. The summed E-state index contributed by atoms with van der Waals surface area (Å²) in [7, 11) is 1.65. The van der Waals surface area contributed by atoms with Gasteiger partial charge in [0, 0.05) is 22.3 Å². The van der Waals surface area contributed by atoms with E-state index in [0.717, 1.165) is 44.9 Å². The predicted molar refractivity (Wildman–Crippen MR) is 166 cm³/mol. The maximum absolute atomic E-state index is 14.3. The molecule has 196 valence electrons. The minimum atomic E-state index is -0.196. The fraction of sp³-hybridized carbons (Fsp3) is 0.0588. The number of nitrogens with two attached hydrogens (primary N) is 1. The number of aromatic nitrogens is 1. The van der Waals surface area contributed by atoms with Crippen molar-refractivity contribution in [1.29, 1.82) is 0 Å². The number of hydrogen-bond donors (Lipinski definition) is 1. The monoisotopic (exact) mass is 541 g/mol. The second-order valence-corrected chi connectivity index (χ2v) is 10.5. The maximum atomic E-state index is 14.3. The molecular formula is C34H27N3O2S. The largest absolute Gasteiger partial charge is 0.497 e. The summed E-state index contributed by atoms with van der Waals surface area (Å²) in [5.41, 5.74) is 13.7. The molecule has 1 amide bonds. The number of carbonyl (C=O) groups excluding carboxylic acids is 1. The molecule has 0 saturated carbocycles. The zero-order valence-electron chi connectivity index (χ0n) is 22.2. The van der Waals surface area contributed by atoms with Crippen LogP contribution >= 0.6 is 11.3 Å². The van der Waals surface area contributed by atoms with Gasteiger partial charge in [-0.1, -0.05) is 66.2 Å². The maximum Gasteiger partial charge on any atom is 0.275 e. The number of thiophene rings is 1. The lowest BCUT2D eigenvalue weighted by Gasteiger charge is -2.22. The second kappa shape index (κ2) is 10.7. The number of anilines is 3. The van der Waals surface area contributed by atoms with Gasteiger partial charge in [-0.05, 0) is 72.6 Å². The fourth-order valence-electron chi connectivity index (χ4n) is 4.79. The molecule has 0 radical (unpaired) electrons. The molecule has 0 aliphatic rings. The Hall–Kier alpha value is -4.94. The lowest BCUT2D eigenvalue weighted by Crippen LogP contribution is -2.25. The van der Waals surface area contributed by atoms with E-state index < -0.39 is 0 Å². The summed E-state index contributed by atoms with van der Waals surface area (Å²) in [6.45, 7) is 2.06. The van der Waals surface area contributed by atoms with Gasteiger partial charge in [-0.3, -0.25) is 9.69 Å². The summed E-state index contributed by atoms with van der Waals surface area (Å²) in [4.78, 5) is 22.1. The van der Waals surface area contributed by atoms with Crippen LogP contribution in [0.5, 0.6) is 5.75 Å². The highest BCUT2D eigenvalue weighted by molar-refractivity contribution is 7.21. The van der Waals surface area contributed by atoms with E-state index in [4.69, 9.17) is 15.5 Å². The van der Waals surface area contributed by atoms with Crippen LogP contribution in [0.2, 0.25) is 0 Å². The predicted octanol–water partition coefficient (Wildman–Crippen LogP) is 8.51. The van der Waals surface area contributed by atoms with Crippen LogP contribution in [0.25, 0.3) is 32.6 Å². The van der Waals surface area contributed by atoms with Crippen molar-refractivity contribution in [1.82, 2.24) is 4.98 Å². The molecule has 0 bridgehead atoms. The lowest BCUT2D eigenvalue weighted by atomic mass is 9.98. The molecule has 0 atom stereocenters. The first-order valence-corrected chi connectivity index (χ1v) is 13.7. The van der Waals surface area contributed by atoms with Crippen molar-refractivity contribution >= 4 is 44.5 Å². The summed E-state index contributed by atoms with van der Waals surface area (Å²) in [5.74, 6) is 0.581. The number of aryl methyl sites for hydroxylation is 1. The third kappa shape index (κ3) is 4.70. The average Bonchev–Trinajstić information content (AvgIpc) is 3.34. The molecule has 0 unspecified atom stereocenters. The van der Waals surface area contributed by atoms with E-state index in [9.17, 15) is 4.79 Å². The number of nitrogens with zero attached hydrogens (tertiary/aromatic N) is 2. The van der Waals surface area contributed by atoms with Gasteiger partial charge in [-0.15, -0.1) is 11.3 Å². The SMILES string of the molecule is COc1ccc(-c2cc(-c3ccc(C)cc3)c3c(N)c(C(=O)N(c4ccccc4)c4ccccc4)sc3n2)cc1. The van der Waals surface area contributed by atoms with Crippen molar-refractivity contribution in [2.24, 2.45) is 0 Å². The molecule has 5 nitrogen and oxygen atoms in total. The quantitative estimate of drug-likeness (QED) is 0.229. The number of amides is 1. The summed E-state index contributed by atoms with van der Waals surface area (Å²) in [5, 5.41) is 0.788. The summed E-state index contributed by atoms with van der Waals surface area (Å²) >= 11 is 1.33. The smallest absolute Gasteiger partial charge is 0.275 e. The van der Waals surface area contributed by atoms with Gasteiger partial charge in [0.2, 0.25) is 0 Å². The van der Waals surface area contributed by atoms with Gasteiger partial charge in [-0.25, -0.2) is 4.98 Å². The van der Waals surface area contributed by atoms with Gasteiger partial charge in [0.25, 0.3) is 5.91 Å². The number of pyridine rings is 1. The van der Waals surface area contributed by atoms with E-state index in [0.29, 0.717) is 15.4 Å². The number of ether oxygens (including phenoxy) is 1. The molecule has 0 aliphatic heterocycles. The topological polar surface area (TPSA) is 68.5 Å². The van der Waals surface area contributed by atoms with Crippen LogP contribution in [0.4, 0.5) is 17.1 Å². The molecule has 0 spiro atoms. The molecular weight excluding hydrogens is 514 g/mol. The highest BCUT2D eigenvalue weighted by Crippen LogP contribution is 2.43. The molecule has 2 heterocycles. The van der Waals surface area contributed by atoms with Crippen LogP contribution in [0.1, 0.15) is 15.2 Å². The summed E-state index contributed by atoms with van der Waals surface area (Å²) < 4.78 is 5.34. The van der Waals surface area contributed by atoms with E-state index in [2.05, 4.69) is 37.3 Å². The van der Waals surface area contributed by atoms with E-state index in [-0.39, 0.29) is 5.91 Å². The first-order valence-electron chi connectivity index (χ1n) is 12.9. The van der Waals surface area contributed by atoms with Crippen molar-refractivity contribution in [2.45, 2.75) is 6.92 Å². The highest BCUT2D eigenvalue weighted by atomic mass is 32.1. The van der Waals surface area contributed by atoms with Gasteiger partial charge >= 0.3 is 0 Å². The number of benzene rings is 4. The lowest BCUT2D eigenvalue weighted by molar-refractivity contribution is 0.100. The van der Waals surface area contributed by atoms with Gasteiger partial charge in [0.1, 0.15) is 15.5 Å². The molecule has 4 aromatic carbocycles. The van der Waals surface area contributed by atoms with E-state index in [1.165, 1.54) is 16.9 Å². The van der Waals surface area contributed by atoms with Gasteiger partial charge in [0.15, 0.2) is 0 Å². The number of hydrogen-bond acceptors (Lipinski definition) is 5. The first-order chi connectivity index (χ1) is 19.5. The standard InChI is InChI=1S/C34H27N3O2S/c1-22-13-15-23(16-14-22)28-21-29(24-17-19-27(39-2)20-18-24)36-33-30(28)31(35)32(40-33)34(38)37(25-9-5-3-6-10-25)26-11-7-4-8-12-26/h3-21H,35H2,1-2H3. The van der Waals surface area contributed by atoms with E-state index in [1.807, 2.05) is 84.9 Å². The molecule has 0 aliphatic carbocycles. The van der Waals surface area contributed by atoms with Crippen molar-refractivity contribution in [3.05, 3.63) is 126 Å². The van der Waals surface area contributed by atoms with Gasteiger partial charge in [0.05, 0.1) is 18.5 Å². The van der Waals surface area contributed by atoms with Gasteiger partial charge < -0.3 is 10.5 Å². The van der Waals surface area contributed by atoms with Gasteiger partial charge in [-0.2, -0.15) is 0 Å². The van der Waals surface area contributed by atoms with Crippen molar-refractivity contribution in [2.75, 3.05) is 17.7 Å². The molecule has 0 saturated heterocycles. The third-order valence-electron chi connectivity index (χ3n) is 6.87. The Labute approximate surface area is 237 Å². The normalized spacial score (nSPS) is 10.9. The van der Waals surface area contributed by atoms with Crippen LogP contribution in [0.15, 0.2) is 115 Å². The minimum absolute atomic E-state index is 0.196.